The first-order valence-corrected chi connectivity index (χ1v) is 15.4. The fourth-order valence-corrected chi connectivity index (χ4v) is 17.8. The summed E-state index contributed by atoms with van der Waals surface area (Å²) >= 11 is 8.22. The molecule has 3 heterocycles. The minimum Gasteiger partial charge on any atom is -0.118 e. The second kappa shape index (κ2) is 9.05. The first-order valence-electron chi connectivity index (χ1n) is 5.79. The van der Waals surface area contributed by atoms with E-state index in [9.17, 15) is 0 Å². The van der Waals surface area contributed by atoms with Crippen LogP contribution >= 0.6 is 100 Å². The third-order valence-electron chi connectivity index (χ3n) is 2.26. The van der Waals surface area contributed by atoms with Crippen molar-refractivity contribution in [1.82, 2.24) is 0 Å². The van der Waals surface area contributed by atoms with Gasteiger partial charge in [-0.25, -0.2) is 0 Å². The Bertz CT molecular complexity index is 336. The van der Waals surface area contributed by atoms with Crippen molar-refractivity contribution < 1.29 is 0 Å². The fraction of sp³-hybridized carbons (Fsp3) is 0.600. The Morgan fingerprint density at radius 1 is 0.474 bits per heavy atom. The van der Waals surface area contributed by atoms with Crippen molar-refractivity contribution >= 4 is 100 Å². The molecule has 0 aliphatic carbocycles. The van der Waals surface area contributed by atoms with Gasteiger partial charge in [0, 0.05) is 0 Å². The van der Waals surface area contributed by atoms with Crippen LogP contribution < -0.4 is 0 Å². The molecular formula is C10H12S9. The SMILES string of the molecule is C1CSC(=C2SSSC(=C3SCCCS3)SS2)SC1. The van der Waals surface area contributed by atoms with Crippen LogP contribution in [0.2, 0.25) is 0 Å². The highest BCUT2D eigenvalue weighted by atomic mass is 33.5. The van der Waals surface area contributed by atoms with Gasteiger partial charge in [-0.15, -0.1) is 47.0 Å². The van der Waals surface area contributed by atoms with E-state index in [0.29, 0.717) is 0 Å². The molecule has 0 aromatic carbocycles. The molecule has 0 amide bonds. The highest BCUT2D eigenvalue weighted by molar-refractivity contribution is 9.15. The Kier molecular flexibility index (Phi) is 7.86. The van der Waals surface area contributed by atoms with Crippen molar-refractivity contribution in [3.05, 3.63) is 16.9 Å². The monoisotopic (exact) mass is 420 g/mol. The summed E-state index contributed by atoms with van der Waals surface area (Å²) in [4.78, 5) is 0. The summed E-state index contributed by atoms with van der Waals surface area (Å²) in [5.74, 6) is 5.20. The second-order valence-corrected chi connectivity index (χ2v) is 15.2. The molecule has 0 N–H and O–H groups in total. The standard InChI is InChI=1S/C10H12S9/c1-3-11-7(12-4-1)9-15-16-10(18-19-17-9)8-13-5-2-6-14-8/h1-6H2. The minimum atomic E-state index is 1.30. The summed E-state index contributed by atoms with van der Waals surface area (Å²) in [6.07, 6.45) is 2.72. The van der Waals surface area contributed by atoms with E-state index in [4.69, 9.17) is 0 Å². The van der Waals surface area contributed by atoms with Gasteiger partial charge in [0.1, 0.15) is 0 Å². The predicted octanol–water partition coefficient (Wildman–Crippen LogP) is 7.40. The largest absolute Gasteiger partial charge is 0.118 e. The summed E-state index contributed by atoms with van der Waals surface area (Å²) in [7, 11) is 9.84. The summed E-state index contributed by atoms with van der Waals surface area (Å²) in [5, 5.41) is 0. The average Bonchev–Trinajstić information content (AvgIpc) is 2.75. The molecule has 0 unspecified atom stereocenters. The van der Waals surface area contributed by atoms with Crippen LogP contribution in [0.4, 0.5) is 0 Å². The van der Waals surface area contributed by atoms with Crippen LogP contribution in [-0.2, 0) is 0 Å². The van der Waals surface area contributed by atoms with Gasteiger partial charge in [0.15, 0.2) is 0 Å². The van der Waals surface area contributed by atoms with Gasteiger partial charge in [0.2, 0.25) is 0 Å². The lowest BCUT2D eigenvalue weighted by atomic mass is 10.6. The summed E-state index contributed by atoms with van der Waals surface area (Å²) in [6, 6.07) is 0. The van der Waals surface area contributed by atoms with Crippen LogP contribution in [0.1, 0.15) is 12.8 Å². The van der Waals surface area contributed by atoms with Crippen LogP contribution in [0.3, 0.4) is 0 Å². The van der Waals surface area contributed by atoms with Crippen molar-refractivity contribution in [2.45, 2.75) is 12.8 Å². The lowest BCUT2D eigenvalue weighted by molar-refractivity contribution is 1.12. The first-order chi connectivity index (χ1) is 9.43. The van der Waals surface area contributed by atoms with E-state index < -0.39 is 0 Å². The average molecular weight is 421 g/mol. The molecular weight excluding hydrogens is 409 g/mol. The molecule has 0 bridgehead atoms. The minimum absolute atomic E-state index is 1.30. The first kappa shape index (κ1) is 16.5. The Morgan fingerprint density at radius 2 is 0.895 bits per heavy atom. The van der Waals surface area contributed by atoms with Crippen LogP contribution in [-0.4, -0.2) is 23.0 Å². The molecule has 19 heavy (non-hydrogen) atoms. The lowest BCUT2D eigenvalue weighted by Crippen LogP contribution is -1.92. The third-order valence-corrected chi connectivity index (χ3v) is 16.3. The lowest BCUT2D eigenvalue weighted by Gasteiger charge is -2.16. The molecule has 106 valence electrons. The van der Waals surface area contributed by atoms with Gasteiger partial charge in [-0.3, -0.25) is 0 Å². The molecule has 0 aromatic rings. The molecule has 0 saturated carbocycles. The van der Waals surface area contributed by atoms with Crippen LogP contribution in [0.25, 0.3) is 0 Å². The summed E-state index contributed by atoms with van der Waals surface area (Å²) in [6.45, 7) is 0. The maximum Gasteiger partial charge on any atom is 0.0831 e. The van der Waals surface area contributed by atoms with E-state index in [0.717, 1.165) is 0 Å². The van der Waals surface area contributed by atoms with Crippen molar-refractivity contribution in [3.8, 4) is 0 Å². The van der Waals surface area contributed by atoms with Crippen molar-refractivity contribution in [1.29, 1.82) is 0 Å². The molecule has 3 saturated heterocycles. The zero-order chi connectivity index (χ0) is 12.9. The third kappa shape index (κ3) is 5.06. The zero-order valence-corrected chi connectivity index (χ0v) is 17.3. The highest BCUT2D eigenvalue weighted by Gasteiger charge is 2.22. The quantitative estimate of drug-likeness (QED) is 0.364. The number of rotatable bonds is 0. The highest BCUT2D eigenvalue weighted by Crippen LogP contribution is 2.64. The second-order valence-electron chi connectivity index (χ2n) is 3.65. The maximum absolute atomic E-state index is 2.05. The van der Waals surface area contributed by atoms with Crippen LogP contribution in [0.15, 0.2) is 16.9 Å². The van der Waals surface area contributed by atoms with Gasteiger partial charge in [-0.2, -0.15) is 0 Å². The smallest absolute Gasteiger partial charge is 0.0831 e. The van der Waals surface area contributed by atoms with E-state index in [1.54, 1.807) is 8.47 Å². The van der Waals surface area contributed by atoms with Crippen molar-refractivity contribution in [2.24, 2.45) is 0 Å². The van der Waals surface area contributed by atoms with Crippen LogP contribution in [0, 0.1) is 0 Å². The van der Waals surface area contributed by atoms with E-state index in [-0.39, 0.29) is 0 Å². The van der Waals surface area contributed by atoms with Gasteiger partial charge < -0.3 is 0 Å². The molecule has 3 aliphatic rings. The molecule has 3 aliphatic heterocycles. The van der Waals surface area contributed by atoms with E-state index in [1.165, 1.54) is 44.3 Å². The number of hydrogen-bond acceptors (Lipinski definition) is 9. The molecule has 9 heteroatoms. The number of hydrogen-bond donors (Lipinski definition) is 0. The molecule has 0 atom stereocenters. The van der Waals surface area contributed by atoms with Gasteiger partial charge in [0.05, 0.1) is 16.9 Å². The van der Waals surface area contributed by atoms with E-state index in [1.807, 2.05) is 53.0 Å². The molecule has 0 radical (unpaired) electrons. The van der Waals surface area contributed by atoms with Gasteiger partial charge in [-0.1, -0.05) is 0 Å². The predicted molar refractivity (Wildman–Crippen MR) is 111 cm³/mol. The summed E-state index contributed by atoms with van der Waals surface area (Å²) in [5.41, 5.74) is 0. The number of thioether (sulfide) groups is 4. The van der Waals surface area contributed by atoms with Crippen LogP contribution in [0.5, 0.6) is 0 Å². The Hall–Kier alpha value is 2.63. The van der Waals surface area contributed by atoms with Gasteiger partial charge in [0.25, 0.3) is 0 Å². The topological polar surface area (TPSA) is 0 Å². The molecule has 0 aromatic heterocycles. The Labute approximate surface area is 151 Å². The Morgan fingerprint density at radius 3 is 1.32 bits per heavy atom. The molecule has 0 nitrogen and oxygen atoms in total. The molecule has 0 spiro atoms. The van der Waals surface area contributed by atoms with Gasteiger partial charge >= 0.3 is 0 Å². The van der Waals surface area contributed by atoms with Gasteiger partial charge in [-0.05, 0) is 88.9 Å². The normalized spacial score (nSPS) is 26.5. The zero-order valence-electron chi connectivity index (χ0n) is 9.92. The Balaban J connectivity index is 1.68. The van der Waals surface area contributed by atoms with Crippen molar-refractivity contribution in [3.63, 3.8) is 0 Å². The van der Waals surface area contributed by atoms with E-state index >= 15 is 0 Å². The fourth-order valence-electron chi connectivity index (χ4n) is 1.41. The molecule has 3 fully saturated rings. The van der Waals surface area contributed by atoms with Crippen molar-refractivity contribution in [2.75, 3.05) is 23.0 Å². The maximum atomic E-state index is 2.05. The molecule has 3 rings (SSSR count). The van der Waals surface area contributed by atoms with E-state index in [2.05, 4.69) is 47.0 Å². The summed E-state index contributed by atoms with van der Waals surface area (Å²) < 4.78 is 6.19.